The summed E-state index contributed by atoms with van der Waals surface area (Å²) in [6, 6.07) is 7.92. The monoisotopic (exact) mass is 289 g/mol. The number of aliphatic imine (C=N–C) groups is 1. The van der Waals surface area contributed by atoms with Gasteiger partial charge in [-0.15, -0.1) is 0 Å². The molecule has 5 heteroatoms. The molecule has 0 radical (unpaired) electrons. The molecular weight excluding hydrogens is 270 g/mol. The summed E-state index contributed by atoms with van der Waals surface area (Å²) in [5.74, 6) is -0.0880. The Bertz CT molecular complexity index is 510. The Labute approximate surface area is 123 Å². The van der Waals surface area contributed by atoms with Crippen molar-refractivity contribution in [1.82, 2.24) is 4.90 Å². The van der Waals surface area contributed by atoms with Crippen LogP contribution in [0, 0.1) is 6.92 Å². The number of nitrogens with zero attached hydrogens (tertiary/aromatic N) is 2. The zero-order chi connectivity index (χ0) is 14.4. The first-order chi connectivity index (χ1) is 9.65. The quantitative estimate of drug-likeness (QED) is 0.846. The first-order valence-electron chi connectivity index (χ1n) is 6.62. The molecule has 0 fully saturated rings. The minimum atomic E-state index is -0.0880. The van der Waals surface area contributed by atoms with E-state index in [1.807, 2.05) is 47.7 Å². The molecule has 1 aliphatic rings. The Kier molecular flexibility index (Phi) is 5.38. The van der Waals surface area contributed by atoms with Crippen LogP contribution >= 0.6 is 11.8 Å². The molecule has 1 amide bonds. The smallest absolute Gasteiger partial charge is 0.245 e. The van der Waals surface area contributed by atoms with Crippen molar-refractivity contribution < 1.29 is 4.79 Å². The number of carbonyl (C=O) groups is 1. The number of benzene rings is 1. The van der Waals surface area contributed by atoms with Gasteiger partial charge < -0.3 is 10.6 Å². The fourth-order valence-electron chi connectivity index (χ4n) is 1.84. The van der Waals surface area contributed by atoms with E-state index in [4.69, 9.17) is 5.73 Å². The molecule has 1 heterocycles. The molecule has 2 N–H and O–H groups in total. The number of rotatable bonds is 5. The van der Waals surface area contributed by atoms with Crippen molar-refractivity contribution in [3.8, 4) is 0 Å². The van der Waals surface area contributed by atoms with Crippen LogP contribution in [0.25, 0.3) is 0 Å². The normalized spacial score (nSPS) is 18.1. The maximum Gasteiger partial charge on any atom is 0.245 e. The van der Waals surface area contributed by atoms with E-state index in [9.17, 15) is 4.79 Å². The van der Waals surface area contributed by atoms with E-state index in [0.717, 1.165) is 18.5 Å². The summed E-state index contributed by atoms with van der Waals surface area (Å²) in [6.45, 7) is 2.82. The molecule has 0 saturated carbocycles. The third-order valence-electron chi connectivity index (χ3n) is 3.04. The van der Waals surface area contributed by atoms with Crippen LogP contribution in [0.2, 0.25) is 0 Å². The minimum absolute atomic E-state index is 0.0128. The van der Waals surface area contributed by atoms with Crippen LogP contribution in [0.3, 0.4) is 0 Å². The first kappa shape index (κ1) is 14.8. The third kappa shape index (κ3) is 4.51. The second-order valence-electron chi connectivity index (χ2n) is 4.72. The average Bonchev–Trinajstić information content (AvgIpc) is 2.84. The predicted molar refractivity (Wildman–Crippen MR) is 84.4 cm³/mol. The lowest BCUT2D eigenvalue weighted by molar-refractivity contribution is -0.117. The Morgan fingerprint density at radius 1 is 1.45 bits per heavy atom. The highest BCUT2D eigenvalue weighted by atomic mass is 32.2. The Balaban J connectivity index is 1.72. The molecule has 0 saturated heterocycles. The van der Waals surface area contributed by atoms with Gasteiger partial charge >= 0.3 is 0 Å². The average molecular weight is 289 g/mol. The van der Waals surface area contributed by atoms with Crippen molar-refractivity contribution in [2.75, 3.05) is 6.54 Å². The summed E-state index contributed by atoms with van der Waals surface area (Å²) >= 11 is 1.58. The van der Waals surface area contributed by atoms with Gasteiger partial charge in [-0.05, 0) is 24.3 Å². The summed E-state index contributed by atoms with van der Waals surface area (Å²) in [5.41, 5.74) is 7.99. The maximum absolute atomic E-state index is 11.7. The van der Waals surface area contributed by atoms with Crippen LogP contribution in [0.4, 0.5) is 0 Å². The summed E-state index contributed by atoms with van der Waals surface area (Å²) in [4.78, 5) is 17.7. The molecule has 2 rings (SSSR count). The zero-order valence-electron chi connectivity index (χ0n) is 11.5. The van der Waals surface area contributed by atoms with E-state index >= 15 is 0 Å². The maximum atomic E-state index is 11.7. The molecule has 1 aromatic rings. The largest absolute Gasteiger partial charge is 0.353 e. The number of hydrogen-bond acceptors (Lipinski definition) is 4. The van der Waals surface area contributed by atoms with Gasteiger partial charge in [0.2, 0.25) is 5.91 Å². The predicted octanol–water partition coefficient (Wildman–Crippen LogP) is 2.48. The molecule has 20 heavy (non-hydrogen) atoms. The number of hydrogen-bond donors (Lipinski definition) is 1. The van der Waals surface area contributed by atoms with Crippen LogP contribution in [-0.4, -0.2) is 29.1 Å². The highest BCUT2D eigenvalue weighted by molar-refractivity contribution is 8.02. The van der Waals surface area contributed by atoms with Crippen LogP contribution < -0.4 is 5.73 Å². The van der Waals surface area contributed by atoms with E-state index in [0.29, 0.717) is 6.42 Å². The molecule has 106 valence electrons. The molecular formula is C15H19N3OS. The van der Waals surface area contributed by atoms with Crippen molar-refractivity contribution in [2.45, 2.75) is 25.3 Å². The second-order valence-corrected chi connectivity index (χ2v) is 5.74. The number of thioether (sulfide) groups is 1. The molecule has 0 bridgehead atoms. The van der Waals surface area contributed by atoms with Gasteiger partial charge in [0.1, 0.15) is 5.50 Å². The SMILES string of the molecule is Cc1ccc(C=NC(=O)CCCN2C=CSC2N)cc1. The zero-order valence-corrected chi connectivity index (χ0v) is 12.3. The lowest BCUT2D eigenvalue weighted by Gasteiger charge is -2.20. The molecule has 4 nitrogen and oxygen atoms in total. The van der Waals surface area contributed by atoms with Crippen molar-refractivity contribution in [3.05, 3.63) is 47.0 Å². The van der Waals surface area contributed by atoms with Gasteiger partial charge in [0, 0.05) is 25.4 Å². The third-order valence-corrected chi connectivity index (χ3v) is 3.87. The first-order valence-corrected chi connectivity index (χ1v) is 7.56. The molecule has 1 atom stereocenters. The minimum Gasteiger partial charge on any atom is -0.353 e. The summed E-state index contributed by atoms with van der Waals surface area (Å²) in [6.07, 6.45) is 4.81. The van der Waals surface area contributed by atoms with Gasteiger partial charge in [-0.3, -0.25) is 4.79 Å². The van der Waals surface area contributed by atoms with Crippen LogP contribution in [0.5, 0.6) is 0 Å². The summed E-state index contributed by atoms with van der Waals surface area (Å²) < 4.78 is 0. The van der Waals surface area contributed by atoms with Crippen LogP contribution in [-0.2, 0) is 4.79 Å². The highest BCUT2D eigenvalue weighted by Gasteiger charge is 2.14. The van der Waals surface area contributed by atoms with Crippen molar-refractivity contribution in [1.29, 1.82) is 0 Å². The topological polar surface area (TPSA) is 58.7 Å². The second kappa shape index (κ2) is 7.26. The fourth-order valence-corrected chi connectivity index (χ4v) is 2.55. The summed E-state index contributed by atoms with van der Waals surface area (Å²) in [5, 5.41) is 1.97. The lowest BCUT2D eigenvalue weighted by atomic mass is 10.2. The molecule has 0 aromatic heterocycles. The van der Waals surface area contributed by atoms with Gasteiger partial charge in [0.15, 0.2) is 0 Å². The van der Waals surface area contributed by atoms with E-state index in [2.05, 4.69) is 4.99 Å². The number of amides is 1. The number of aryl methyl sites for hydroxylation is 1. The standard InChI is InChI=1S/C15H19N3OS/c1-12-4-6-13(7-5-12)11-17-14(19)3-2-8-18-9-10-20-15(18)16/h4-7,9-11,15H,2-3,8,16H2,1H3. The molecule has 0 spiro atoms. The van der Waals surface area contributed by atoms with Gasteiger partial charge in [0.05, 0.1) is 0 Å². The van der Waals surface area contributed by atoms with Crippen molar-refractivity contribution in [3.63, 3.8) is 0 Å². The van der Waals surface area contributed by atoms with Gasteiger partial charge in [-0.1, -0.05) is 41.6 Å². The molecule has 1 aliphatic heterocycles. The van der Waals surface area contributed by atoms with Crippen LogP contribution in [0.1, 0.15) is 24.0 Å². The van der Waals surface area contributed by atoms with Gasteiger partial charge in [-0.25, -0.2) is 4.99 Å². The summed E-state index contributed by atoms with van der Waals surface area (Å²) in [7, 11) is 0. The van der Waals surface area contributed by atoms with E-state index in [-0.39, 0.29) is 11.4 Å². The number of nitrogens with two attached hydrogens (primary N) is 1. The lowest BCUT2D eigenvalue weighted by Crippen LogP contribution is -2.33. The highest BCUT2D eigenvalue weighted by Crippen LogP contribution is 2.20. The van der Waals surface area contributed by atoms with Gasteiger partial charge in [0.25, 0.3) is 0 Å². The molecule has 1 aromatic carbocycles. The molecule has 0 aliphatic carbocycles. The van der Waals surface area contributed by atoms with E-state index < -0.39 is 0 Å². The van der Waals surface area contributed by atoms with E-state index in [1.54, 1.807) is 18.0 Å². The number of carbonyl (C=O) groups excluding carboxylic acids is 1. The Morgan fingerprint density at radius 3 is 2.85 bits per heavy atom. The Hall–Kier alpha value is -1.59. The van der Waals surface area contributed by atoms with Crippen molar-refractivity contribution in [2.24, 2.45) is 10.7 Å². The molecule has 1 unspecified atom stereocenters. The Morgan fingerprint density at radius 2 is 2.20 bits per heavy atom. The van der Waals surface area contributed by atoms with Crippen molar-refractivity contribution >= 4 is 23.9 Å². The van der Waals surface area contributed by atoms with Gasteiger partial charge in [-0.2, -0.15) is 0 Å². The fraction of sp³-hybridized carbons (Fsp3) is 0.333. The van der Waals surface area contributed by atoms with E-state index in [1.165, 1.54) is 5.56 Å². The van der Waals surface area contributed by atoms with Crippen LogP contribution in [0.15, 0.2) is 40.9 Å².